The van der Waals surface area contributed by atoms with Crippen LogP contribution < -0.4 is 5.32 Å². The summed E-state index contributed by atoms with van der Waals surface area (Å²) >= 11 is 0. The molecule has 3 heteroatoms. The molecule has 2 nitrogen and oxygen atoms in total. The second-order valence-corrected chi connectivity index (χ2v) is 8.19. The minimum absolute atomic E-state index is 0.287. The number of nitrogens with one attached hydrogen (secondary N) is 1. The van der Waals surface area contributed by atoms with Crippen molar-refractivity contribution in [3.63, 3.8) is 0 Å². The normalized spacial score (nSPS) is 20.2. The fourth-order valence-corrected chi connectivity index (χ4v) is 5.42. The average molecular weight is 322 g/mol. The van der Waals surface area contributed by atoms with Gasteiger partial charge in [0.25, 0.3) is 0 Å². The molecule has 124 valence electrons. The first kappa shape index (κ1) is 17.5. The molecule has 1 atom stereocenters. The molecular weight excluding hydrogens is 290 g/mol. The van der Waals surface area contributed by atoms with Gasteiger partial charge in [-0.25, -0.2) is 0 Å². The van der Waals surface area contributed by atoms with Crippen molar-refractivity contribution >= 4 is 16.5 Å². The predicted octanol–water partition coefficient (Wildman–Crippen LogP) is 5.15. The molecule has 1 aliphatic rings. The number of anilines is 1. The van der Waals surface area contributed by atoms with E-state index in [2.05, 4.69) is 37.4 Å². The van der Waals surface area contributed by atoms with E-state index in [1.54, 1.807) is 0 Å². The Hall–Kier alpha value is -0.830. The van der Waals surface area contributed by atoms with Gasteiger partial charge in [0.1, 0.15) is 0 Å². The quantitative estimate of drug-likeness (QED) is 0.752. The summed E-state index contributed by atoms with van der Waals surface area (Å²) in [4.78, 5) is 1.08. The lowest BCUT2D eigenvalue weighted by molar-refractivity contribution is 0.242. The number of rotatable bonds is 7. The molecule has 2 rings (SSSR count). The molecule has 1 aromatic carbocycles. The van der Waals surface area contributed by atoms with E-state index in [4.69, 9.17) is 0 Å². The minimum Gasteiger partial charge on any atom is -0.388 e. The standard InChI is InChI=1S/C19H31NOS/c1-4-6-11-19(12-7-5-2)13-10-16-14-17(20-3)8-9-18(16)22(21)15-19/h8-9,14,20H,4-7,10-13,15H2,1-3H3. The van der Waals surface area contributed by atoms with Crippen LogP contribution in [0.2, 0.25) is 0 Å². The average Bonchev–Trinajstić information content (AvgIpc) is 2.68. The summed E-state index contributed by atoms with van der Waals surface area (Å²) in [5.74, 6) is 0.860. The Balaban J connectivity index is 2.25. The van der Waals surface area contributed by atoms with Gasteiger partial charge in [0.2, 0.25) is 0 Å². The second-order valence-electron chi connectivity index (χ2n) is 6.77. The van der Waals surface area contributed by atoms with Crippen molar-refractivity contribution < 1.29 is 4.21 Å². The van der Waals surface area contributed by atoms with Gasteiger partial charge in [0, 0.05) is 23.4 Å². The van der Waals surface area contributed by atoms with E-state index >= 15 is 0 Å². The van der Waals surface area contributed by atoms with E-state index in [1.807, 2.05) is 7.05 Å². The SMILES string of the molecule is CCCCC1(CCCC)CCc2cc(NC)ccc2S(=O)C1. The fourth-order valence-electron chi connectivity index (χ4n) is 3.60. The van der Waals surface area contributed by atoms with Crippen molar-refractivity contribution in [1.82, 2.24) is 0 Å². The van der Waals surface area contributed by atoms with Gasteiger partial charge in [-0.3, -0.25) is 4.21 Å². The van der Waals surface area contributed by atoms with E-state index in [0.717, 1.165) is 22.8 Å². The topological polar surface area (TPSA) is 29.1 Å². The van der Waals surface area contributed by atoms with Crippen LogP contribution in [0.15, 0.2) is 23.1 Å². The molecule has 1 unspecified atom stereocenters. The summed E-state index contributed by atoms with van der Waals surface area (Å²) in [5, 5.41) is 3.20. The Kier molecular flexibility index (Phi) is 6.49. The Morgan fingerprint density at radius 1 is 1.18 bits per heavy atom. The van der Waals surface area contributed by atoms with Crippen LogP contribution in [-0.4, -0.2) is 17.0 Å². The van der Waals surface area contributed by atoms with Crippen LogP contribution in [0.1, 0.15) is 64.4 Å². The van der Waals surface area contributed by atoms with Crippen LogP contribution in [0, 0.1) is 5.41 Å². The molecule has 0 amide bonds. The van der Waals surface area contributed by atoms with Crippen LogP contribution in [-0.2, 0) is 17.2 Å². The van der Waals surface area contributed by atoms with Gasteiger partial charge in [-0.2, -0.15) is 0 Å². The summed E-state index contributed by atoms with van der Waals surface area (Å²) in [7, 11) is 1.10. The van der Waals surface area contributed by atoms with Gasteiger partial charge in [0.15, 0.2) is 0 Å². The first-order chi connectivity index (χ1) is 10.6. The highest BCUT2D eigenvalue weighted by Crippen LogP contribution is 2.41. The van der Waals surface area contributed by atoms with Crippen molar-refractivity contribution in [2.24, 2.45) is 5.41 Å². The van der Waals surface area contributed by atoms with Crippen LogP contribution in [0.4, 0.5) is 5.69 Å². The number of unbranched alkanes of at least 4 members (excludes halogenated alkanes) is 2. The summed E-state index contributed by atoms with van der Waals surface area (Å²) in [5.41, 5.74) is 2.71. The zero-order chi connectivity index (χ0) is 16.0. The zero-order valence-electron chi connectivity index (χ0n) is 14.4. The third-order valence-electron chi connectivity index (χ3n) is 5.08. The lowest BCUT2D eigenvalue weighted by Gasteiger charge is -2.32. The summed E-state index contributed by atoms with van der Waals surface area (Å²) in [6.07, 6.45) is 9.74. The molecule has 0 fully saturated rings. The van der Waals surface area contributed by atoms with Gasteiger partial charge >= 0.3 is 0 Å². The Morgan fingerprint density at radius 3 is 2.45 bits per heavy atom. The monoisotopic (exact) mass is 321 g/mol. The minimum atomic E-state index is -0.847. The van der Waals surface area contributed by atoms with E-state index in [9.17, 15) is 4.21 Å². The molecule has 1 aliphatic heterocycles. The molecule has 0 aliphatic carbocycles. The number of benzene rings is 1. The summed E-state index contributed by atoms with van der Waals surface area (Å²) < 4.78 is 12.9. The first-order valence-electron chi connectivity index (χ1n) is 8.83. The third-order valence-corrected chi connectivity index (χ3v) is 6.84. The van der Waals surface area contributed by atoms with Crippen molar-refractivity contribution in [3.05, 3.63) is 23.8 Å². The molecule has 0 radical (unpaired) electrons. The van der Waals surface area contributed by atoms with E-state index < -0.39 is 10.8 Å². The summed E-state index contributed by atoms with van der Waals surface area (Å²) in [6, 6.07) is 6.33. The van der Waals surface area contributed by atoms with Crippen molar-refractivity contribution in [3.8, 4) is 0 Å². The van der Waals surface area contributed by atoms with Crippen molar-refractivity contribution in [2.45, 2.75) is 70.1 Å². The Bertz CT molecular complexity index is 504. The second kappa shape index (κ2) is 8.14. The maximum atomic E-state index is 12.9. The van der Waals surface area contributed by atoms with Gasteiger partial charge in [-0.15, -0.1) is 0 Å². The van der Waals surface area contributed by atoms with Crippen LogP contribution >= 0.6 is 0 Å². The highest BCUT2D eigenvalue weighted by Gasteiger charge is 2.34. The highest BCUT2D eigenvalue weighted by molar-refractivity contribution is 7.85. The lowest BCUT2D eigenvalue weighted by atomic mass is 9.76. The van der Waals surface area contributed by atoms with Crippen LogP contribution in [0.25, 0.3) is 0 Å². The molecule has 1 heterocycles. The molecule has 0 saturated carbocycles. The Morgan fingerprint density at radius 2 is 1.86 bits per heavy atom. The molecular formula is C19H31NOS. The molecule has 0 saturated heterocycles. The maximum Gasteiger partial charge on any atom is 0.0537 e. The maximum absolute atomic E-state index is 12.9. The van der Waals surface area contributed by atoms with E-state index in [1.165, 1.54) is 50.5 Å². The predicted molar refractivity (Wildman–Crippen MR) is 97.1 cm³/mol. The van der Waals surface area contributed by atoms with E-state index in [-0.39, 0.29) is 5.41 Å². The largest absolute Gasteiger partial charge is 0.388 e. The summed E-state index contributed by atoms with van der Waals surface area (Å²) in [6.45, 7) is 4.52. The van der Waals surface area contributed by atoms with Crippen molar-refractivity contribution in [2.75, 3.05) is 18.1 Å². The third kappa shape index (κ3) is 4.13. The first-order valence-corrected chi connectivity index (χ1v) is 10.1. The number of fused-ring (bicyclic) bond motifs is 1. The number of hydrogen-bond donors (Lipinski definition) is 1. The number of hydrogen-bond acceptors (Lipinski definition) is 2. The molecule has 1 aromatic rings. The molecule has 0 bridgehead atoms. The smallest absolute Gasteiger partial charge is 0.0537 e. The van der Waals surface area contributed by atoms with E-state index in [0.29, 0.717) is 0 Å². The van der Waals surface area contributed by atoms with Gasteiger partial charge in [-0.05, 0) is 54.9 Å². The lowest BCUT2D eigenvalue weighted by Crippen LogP contribution is -2.27. The van der Waals surface area contributed by atoms with Gasteiger partial charge < -0.3 is 5.32 Å². The Labute approximate surface area is 138 Å². The van der Waals surface area contributed by atoms with Crippen molar-refractivity contribution in [1.29, 1.82) is 0 Å². The fraction of sp³-hybridized carbons (Fsp3) is 0.684. The number of aryl methyl sites for hydroxylation is 1. The van der Waals surface area contributed by atoms with Crippen LogP contribution in [0.5, 0.6) is 0 Å². The van der Waals surface area contributed by atoms with Gasteiger partial charge in [0.05, 0.1) is 10.8 Å². The van der Waals surface area contributed by atoms with Gasteiger partial charge in [-0.1, -0.05) is 39.5 Å². The zero-order valence-corrected chi connectivity index (χ0v) is 15.2. The molecule has 0 spiro atoms. The molecule has 1 N–H and O–H groups in total. The van der Waals surface area contributed by atoms with Crippen LogP contribution in [0.3, 0.4) is 0 Å². The molecule has 0 aromatic heterocycles. The highest BCUT2D eigenvalue weighted by atomic mass is 32.2. The molecule has 22 heavy (non-hydrogen) atoms.